The maximum atomic E-state index is 11.7. The van der Waals surface area contributed by atoms with Gasteiger partial charge in [0, 0.05) is 65.4 Å². The minimum Gasteiger partial charge on any atom is -0.512 e. The number of furan rings is 1. The monoisotopic (exact) mass is 867 g/mol. The van der Waals surface area contributed by atoms with Crippen molar-refractivity contribution in [2.45, 2.75) is 99.8 Å². The zero-order valence-electron chi connectivity index (χ0n) is 31.1. The van der Waals surface area contributed by atoms with Gasteiger partial charge in [0.2, 0.25) is 0 Å². The summed E-state index contributed by atoms with van der Waals surface area (Å²) in [6.07, 6.45) is 7.87. The normalized spacial score (nSPS) is 12.4. The van der Waals surface area contributed by atoms with Crippen molar-refractivity contribution >= 4 is 59.2 Å². The average Bonchev–Trinajstić information content (AvgIpc) is 3.60. The molecule has 4 nitrogen and oxygen atoms in total. The Morgan fingerprint density at radius 2 is 1.58 bits per heavy atom. The maximum Gasteiger partial charge on any atom is 0.162 e. The van der Waals surface area contributed by atoms with Crippen molar-refractivity contribution in [1.82, 2.24) is 4.98 Å². The number of allylic oxidation sites excluding steroid dienone is 2. The number of carbonyl (C=O) groups excluding carboxylic acids is 1. The number of thiophene rings is 1. The van der Waals surface area contributed by atoms with Crippen LogP contribution in [0, 0.1) is 23.8 Å². The number of hydrogen-bond acceptors (Lipinski definition) is 5. The van der Waals surface area contributed by atoms with Crippen molar-refractivity contribution in [3.05, 3.63) is 89.8 Å². The Hall–Kier alpha value is -3.31. The number of pyridine rings is 1. The first-order valence-electron chi connectivity index (χ1n) is 18.0. The molecular formula is C44H52IrNO3S-. The number of hydrogen-bond donors (Lipinski definition) is 1. The topological polar surface area (TPSA) is 63.3 Å². The van der Waals surface area contributed by atoms with E-state index in [1.165, 1.54) is 32.7 Å². The Bertz CT molecular complexity index is 2110. The molecule has 1 N–H and O–H groups in total. The first-order valence-corrected chi connectivity index (χ1v) is 18.8. The minimum atomic E-state index is 0. The summed E-state index contributed by atoms with van der Waals surface area (Å²) >= 11 is 1.78. The van der Waals surface area contributed by atoms with E-state index in [0.29, 0.717) is 5.92 Å². The Morgan fingerprint density at radius 1 is 0.900 bits per heavy atom. The van der Waals surface area contributed by atoms with Gasteiger partial charge < -0.3 is 9.52 Å². The van der Waals surface area contributed by atoms with E-state index >= 15 is 0 Å². The molecule has 267 valence electrons. The number of benzene rings is 3. The van der Waals surface area contributed by atoms with Crippen molar-refractivity contribution in [2.75, 3.05) is 0 Å². The SMILES string of the molecule is CC(C)Cc1ccc2c(c1)oc1c3ccnc(-c4[c-]c5ccccc5c(C(C)(C)C)c4)c3sc21.CCC(CC)C(=O)/C=C(\O)C(CC)CC.[Ir]. The smallest absolute Gasteiger partial charge is 0.162 e. The number of ketones is 1. The molecule has 3 heterocycles. The molecule has 0 atom stereocenters. The zero-order chi connectivity index (χ0) is 35.5. The van der Waals surface area contributed by atoms with E-state index in [0.717, 1.165) is 70.0 Å². The summed E-state index contributed by atoms with van der Waals surface area (Å²) in [5.74, 6) is 1.17. The zero-order valence-corrected chi connectivity index (χ0v) is 34.3. The van der Waals surface area contributed by atoms with Gasteiger partial charge in [0.25, 0.3) is 0 Å². The second-order valence-electron chi connectivity index (χ2n) is 14.7. The third kappa shape index (κ3) is 8.41. The van der Waals surface area contributed by atoms with Crippen molar-refractivity contribution in [2.24, 2.45) is 17.8 Å². The average molecular weight is 867 g/mol. The number of rotatable bonds is 10. The van der Waals surface area contributed by atoms with Crippen LogP contribution in [0.1, 0.15) is 99.1 Å². The molecule has 0 amide bonds. The fourth-order valence-corrected chi connectivity index (χ4v) is 8.03. The molecule has 0 fully saturated rings. The first kappa shape index (κ1) is 39.5. The van der Waals surface area contributed by atoms with Crippen LogP contribution in [0.4, 0.5) is 0 Å². The van der Waals surface area contributed by atoms with Gasteiger partial charge in [-0.3, -0.25) is 9.78 Å². The van der Waals surface area contributed by atoms with E-state index in [2.05, 4.69) is 95.3 Å². The second-order valence-corrected chi connectivity index (χ2v) is 15.7. The summed E-state index contributed by atoms with van der Waals surface area (Å²) in [5.41, 5.74) is 6.64. The van der Waals surface area contributed by atoms with Crippen LogP contribution < -0.4 is 0 Å². The summed E-state index contributed by atoms with van der Waals surface area (Å²) in [4.78, 5) is 16.6. The van der Waals surface area contributed by atoms with E-state index in [1.54, 1.807) is 11.3 Å². The molecule has 1 radical (unpaired) electrons. The van der Waals surface area contributed by atoms with Crippen molar-refractivity contribution in [3.63, 3.8) is 0 Å². The largest absolute Gasteiger partial charge is 0.512 e. The molecule has 0 spiro atoms. The van der Waals surface area contributed by atoms with Gasteiger partial charge in [0.1, 0.15) is 5.58 Å². The molecule has 0 unspecified atom stereocenters. The van der Waals surface area contributed by atoms with E-state index < -0.39 is 0 Å². The van der Waals surface area contributed by atoms with Gasteiger partial charge in [-0.25, -0.2) is 0 Å². The van der Waals surface area contributed by atoms with Gasteiger partial charge in [-0.1, -0.05) is 97.5 Å². The van der Waals surface area contributed by atoms with Gasteiger partial charge in [0.15, 0.2) is 11.4 Å². The molecule has 6 heteroatoms. The third-order valence-electron chi connectivity index (χ3n) is 9.63. The standard InChI is InChI=1S/C31H28NOS.C13H24O2.Ir/c1-18(2)14-19-10-11-23-26(15-19)33-28-24-12-13-32-27(29(24)34-30(23)28)21-16-20-8-6-7-9-22(20)25(17-21)31(3,4)5;1-5-10(6-2)12(14)9-13(15)11(7-3)8-4;/h6-13,15,17-18H,14H2,1-5H3;9-11,14H,5-8H2,1-4H3;/q-1;;/b;12-9-;. The van der Waals surface area contributed by atoms with Crippen molar-refractivity contribution in [1.29, 1.82) is 0 Å². The number of aromatic nitrogens is 1. The van der Waals surface area contributed by atoms with Gasteiger partial charge in [-0.05, 0) is 67.2 Å². The molecule has 0 saturated heterocycles. The van der Waals surface area contributed by atoms with Gasteiger partial charge in [-0.15, -0.1) is 40.5 Å². The van der Waals surface area contributed by atoms with E-state index in [4.69, 9.17) is 9.40 Å². The van der Waals surface area contributed by atoms with Gasteiger partial charge in [-0.2, -0.15) is 0 Å². The quantitative estimate of drug-likeness (QED) is 0.0846. The van der Waals surface area contributed by atoms with Crippen LogP contribution >= 0.6 is 11.3 Å². The van der Waals surface area contributed by atoms with E-state index in [9.17, 15) is 9.90 Å². The summed E-state index contributed by atoms with van der Waals surface area (Å²) in [5, 5.41) is 14.5. The Kier molecular flexibility index (Phi) is 13.3. The van der Waals surface area contributed by atoms with Crippen LogP contribution in [0.15, 0.2) is 77.0 Å². The summed E-state index contributed by atoms with van der Waals surface area (Å²) in [6.45, 7) is 19.4. The molecule has 0 bridgehead atoms. The predicted octanol–water partition coefficient (Wildman–Crippen LogP) is 13.2. The number of aliphatic hydroxyl groups is 1. The van der Waals surface area contributed by atoms with Gasteiger partial charge >= 0.3 is 0 Å². The van der Waals surface area contributed by atoms with Crippen LogP contribution in [0.2, 0.25) is 0 Å². The van der Waals surface area contributed by atoms with Crippen LogP contribution in [0.25, 0.3) is 53.4 Å². The van der Waals surface area contributed by atoms with Crippen molar-refractivity contribution in [3.8, 4) is 11.3 Å². The molecule has 3 aromatic heterocycles. The summed E-state index contributed by atoms with van der Waals surface area (Å²) in [6, 6.07) is 23.2. The molecule has 0 aliphatic rings. The summed E-state index contributed by atoms with van der Waals surface area (Å²) < 4.78 is 8.80. The van der Waals surface area contributed by atoms with E-state index in [1.807, 2.05) is 33.9 Å². The molecular weight excluding hydrogens is 815 g/mol. The second kappa shape index (κ2) is 16.8. The van der Waals surface area contributed by atoms with Gasteiger partial charge in [0.05, 0.1) is 10.5 Å². The van der Waals surface area contributed by atoms with Crippen LogP contribution in [-0.4, -0.2) is 15.9 Å². The number of carbonyl (C=O) groups is 1. The van der Waals surface area contributed by atoms with Crippen molar-refractivity contribution < 1.29 is 34.4 Å². The maximum absolute atomic E-state index is 11.7. The molecule has 6 aromatic rings. The number of fused-ring (bicyclic) bond motifs is 6. The van der Waals surface area contributed by atoms with Crippen LogP contribution in [-0.2, 0) is 36.7 Å². The number of aliphatic hydroxyl groups excluding tert-OH is 1. The molecule has 6 rings (SSSR count). The minimum absolute atomic E-state index is 0. The number of nitrogens with zero attached hydrogens (tertiary/aromatic N) is 1. The molecule has 0 saturated carbocycles. The Labute approximate surface area is 315 Å². The first-order chi connectivity index (χ1) is 23.4. The van der Waals surface area contributed by atoms with Crippen LogP contribution in [0.3, 0.4) is 0 Å². The van der Waals surface area contributed by atoms with Crippen LogP contribution in [0.5, 0.6) is 0 Å². The summed E-state index contributed by atoms with van der Waals surface area (Å²) in [7, 11) is 0. The molecule has 0 aliphatic carbocycles. The fourth-order valence-electron chi connectivity index (χ4n) is 6.78. The molecule has 50 heavy (non-hydrogen) atoms. The van der Waals surface area contributed by atoms with E-state index in [-0.39, 0.29) is 48.9 Å². The fraction of sp³-hybridized carbons (Fsp3) is 0.409. The third-order valence-corrected chi connectivity index (χ3v) is 10.9. The molecule has 0 aliphatic heterocycles. The Morgan fingerprint density at radius 3 is 2.22 bits per heavy atom. The predicted molar refractivity (Wildman–Crippen MR) is 210 cm³/mol. The molecule has 3 aromatic carbocycles. The Balaban J connectivity index is 0.000000301.